The van der Waals surface area contributed by atoms with Crippen LogP contribution in [0.4, 0.5) is 5.69 Å². The van der Waals surface area contributed by atoms with Crippen molar-refractivity contribution in [3.8, 4) is 0 Å². The van der Waals surface area contributed by atoms with Crippen molar-refractivity contribution in [3.05, 3.63) is 101 Å². The molecule has 0 radical (unpaired) electrons. The Hall–Kier alpha value is -3.40. The van der Waals surface area contributed by atoms with Crippen molar-refractivity contribution in [3.63, 3.8) is 0 Å². The van der Waals surface area contributed by atoms with Crippen LogP contribution in [0.5, 0.6) is 0 Å². The number of nitrogens with one attached hydrogen (secondary N) is 1. The third-order valence-corrected chi connectivity index (χ3v) is 6.19. The Balaban J connectivity index is 1.56. The zero-order valence-electron chi connectivity index (χ0n) is 18.3. The predicted molar refractivity (Wildman–Crippen MR) is 124 cm³/mol. The van der Waals surface area contributed by atoms with Gasteiger partial charge in [-0.2, -0.15) is 0 Å². The Kier molecular flexibility index (Phi) is 5.90. The molecule has 1 N–H and O–H groups in total. The molecule has 4 nitrogen and oxygen atoms in total. The number of hydrogen-bond donors (Lipinski definition) is 1. The largest absolute Gasteiger partial charge is 0.345 e. The molecule has 2 atom stereocenters. The normalized spacial score (nSPS) is 16.9. The number of carbonyl (C=O) groups excluding carboxylic acids is 2. The third kappa shape index (κ3) is 4.38. The first-order valence-electron chi connectivity index (χ1n) is 10.7. The zero-order chi connectivity index (χ0) is 22.0. The monoisotopic (exact) mass is 412 g/mol. The lowest BCUT2D eigenvalue weighted by Gasteiger charge is -2.23. The van der Waals surface area contributed by atoms with E-state index in [1.54, 1.807) is 4.90 Å². The molecule has 4 heteroatoms. The Morgan fingerprint density at radius 2 is 1.58 bits per heavy atom. The lowest BCUT2D eigenvalue weighted by atomic mass is 9.96. The van der Waals surface area contributed by atoms with Crippen LogP contribution in [0, 0.1) is 26.7 Å². The lowest BCUT2D eigenvalue weighted by Crippen LogP contribution is -2.36. The fourth-order valence-corrected chi connectivity index (χ4v) is 4.17. The lowest BCUT2D eigenvalue weighted by molar-refractivity contribution is -0.126. The Bertz CT molecular complexity index is 1090. The summed E-state index contributed by atoms with van der Waals surface area (Å²) in [5.74, 6) is -0.458. The maximum Gasteiger partial charge on any atom is 0.227 e. The van der Waals surface area contributed by atoms with Gasteiger partial charge in [-0.25, -0.2) is 0 Å². The van der Waals surface area contributed by atoms with Gasteiger partial charge >= 0.3 is 0 Å². The molecule has 0 aromatic heterocycles. The van der Waals surface area contributed by atoms with E-state index in [9.17, 15) is 9.59 Å². The van der Waals surface area contributed by atoms with Gasteiger partial charge in [-0.3, -0.25) is 9.59 Å². The summed E-state index contributed by atoms with van der Waals surface area (Å²) in [5.41, 5.74) is 6.35. The second kappa shape index (κ2) is 8.76. The van der Waals surface area contributed by atoms with Crippen molar-refractivity contribution in [2.75, 3.05) is 11.4 Å². The van der Waals surface area contributed by atoms with E-state index >= 15 is 0 Å². The Labute approximate surface area is 183 Å². The highest BCUT2D eigenvalue weighted by Gasteiger charge is 2.36. The maximum atomic E-state index is 13.3. The van der Waals surface area contributed by atoms with Gasteiger partial charge in [0.15, 0.2) is 0 Å². The average Bonchev–Trinajstić information content (AvgIpc) is 3.17. The third-order valence-electron chi connectivity index (χ3n) is 6.19. The number of aryl methyl sites for hydroxylation is 2. The molecule has 31 heavy (non-hydrogen) atoms. The molecule has 1 saturated heterocycles. The van der Waals surface area contributed by atoms with Crippen LogP contribution >= 0.6 is 0 Å². The number of anilines is 1. The van der Waals surface area contributed by atoms with Gasteiger partial charge in [0, 0.05) is 18.7 Å². The number of amides is 2. The molecule has 1 fully saturated rings. The van der Waals surface area contributed by atoms with E-state index in [2.05, 4.69) is 29.6 Å². The van der Waals surface area contributed by atoms with Crippen molar-refractivity contribution in [2.45, 2.75) is 33.2 Å². The SMILES string of the molecule is Cc1ccc(C(NC(=O)C2CC(=O)N(c3cccc(C)c3C)C2)c2ccccc2)cc1. The summed E-state index contributed by atoms with van der Waals surface area (Å²) in [6, 6.07) is 23.9. The molecule has 0 aliphatic carbocycles. The zero-order valence-corrected chi connectivity index (χ0v) is 18.3. The highest BCUT2D eigenvalue weighted by Crippen LogP contribution is 2.30. The van der Waals surface area contributed by atoms with Crippen molar-refractivity contribution < 1.29 is 9.59 Å². The van der Waals surface area contributed by atoms with Gasteiger partial charge in [0.2, 0.25) is 11.8 Å². The second-order valence-corrected chi connectivity index (χ2v) is 8.39. The molecule has 2 amide bonds. The van der Waals surface area contributed by atoms with E-state index in [-0.39, 0.29) is 30.2 Å². The van der Waals surface area contributed by atoms with E-state index in [0.29, 0.717) is 6.54 Å². The highest BCUT2D eigenvalue weighted by molar-refractivity contribution is 6.01. The summed E-state index contributed by atoms with van der Waals surface area (Å²) >= 11 is 0. The molecular weight excluding hydrogens is 384 g/mol. The van der Waals surface area contributed by atoms with Gasteiger partial charge in [0.1, 0.15) is 0 Å². The number of rotatable bonds is 5. The molecule has 158 valence electrons. The predicted octanol–water partition coefficient (Wildman–Crippen LogP) is 4.87. The average molecular weight is 413 g/mol. The molecule has 3 aromatic rings. The molecule has 2 unspecified atom stereocenters. The van der Waals surface area contributed by atoms with Crippen LogP contribution in [0.15, 0.2) is 72.8 Å². The smallest absolute Gasteiger partial charge is 0.227 e. The summed E-state index contributed by atoms with van der Waals surface area (Å²) in [6.07, 6.45) is 0.231. The number of benzene rings is 3. The van der Waals surface area contributed by atoms with Gasteiger partial charge in [-0.05, 0) is 49.1 Å². The van der Waals surface area contributed by atoms with Crippen LogP contribution in [0.1, 0.15) is 40.3 Å². The van der Waals surface area contributed by atoms with Crippen LogP contribution in [-0.2, 0) is 9.59 Å². The van der Waals surface area contributed by atoms with Crippen molar-refractivity contribution in [2.24, 2.45) is 5.92 Å². The summed E-state index contributed by atoms with van der Waals surface area (Å²) in [4.78, 5) is 27.8. The van der Waals surface area contributed by atoms with Gasteiger partial charge in [-0.15, -0.1) is 0 Å². The first-order chi connectivity index (χ1) is 14.9. The van der Waals surface area contributed by atoms with Crippen molar-refractivity contribution in [1.82, 2.24) is 5.32 Å². The highest BCUT2D eigenvalue weighted by atomic mass is 16.2. The number of hydrogen-bond acceptors (Lipinski definition) is 2. The van der Waals surface area contributed by atoms with Crippen LogP contribution in [0.2, 0.25) is 0 Å². The molecule has 0 spiro atoms. The maximum absolute atomic E-state index is 13.3. The van der Waals surface area contributed by atoms with Gasteiger partial charge in [0.05, 0.1) is 12.0 Å². The van der Waals surface area contributed by atoms with Crippen LogP contribution in [0.3, 0.4) is 0 Å². The minimum absolute atomic E-state index is 0.000414. The molecule has 1 heterocycles. The number of nitrogens with zero attached hydrogens (tertiary/aromatic N) is 1. The fourth-order valence-electron chi connectivity index (χ4n) is 4.17. The molecule has 3 aromatic carbocycles. The number of carbonyl (C=O) groups is 2. The van der Waals surface area contributed by atoms with E-state index in [1.807, 2.05) is 69.3 Å². The quantitative estimate of drug-likeness (QED) is 0.650. The molecule has 4 rings (SSSR count). The van der Waals surface area contributed by atoms with Gasteiger partial charge in [-0.1, -0.05) is 72.3 Å². The molecule has 1 aliphatic heterocycles. The minimum atomic E-state index is -0.371. The Morgan fingerprint density at radius 3 is 2.29 bits per heavy atom. The molecule has 1 aliphatic rings. The fraction of sp³-hybridized carbons (Fsp3) is 0.259. The first kappa shape index (κ1) is 20.9. The van der Waals surface area contributed by atoms with Crippen molar-refractivity contribution in [1.29, 1.82) is 0 Å². The van der Waals surface area contributed by atoms with Gasteiger partial charge in [0.25, 0.3) is 0 Å². The van der Waals surface area contributed by atoms with Crippen LogP contribution in [-0.4, -0.2) is 18.4 Å². The molecule has 0 saturated carbocycles. The van der Waals surface area contributed by atoms with Gasteiger partial charge < -0.3 is 10.2 Å². The Morgan fingerprint density at radius 1 is 0.903 bits per heavy atom. The topological polar surface area (TPSA) is 49.4 Å². The summed E-state index contributed by atoms with van der Waals surface area (Å²) < 4.78 is 0. The van der Waals surface area contributed by atoms with Crippen molar-refractivity contribution >= 4 is 17.5 Å². The van der Waals surface area contributed by atoms with E-state index in [0.717, 1.165) is 27.9 Å². The standard InChI is InChI=1S/C27H28N2O2/c1-18-12-14-22(15-13-18)26(21-9-5-4-6-10-21)28-27(31)23-16-25(30)29(17-23)24-11-7-8-19(2)20(24)3/h4-15,23,26H,16-17H2,1-3H3,(H,28,31). The second-order valence-electron chi connectivity index (χ2n) is 8.39. The van der Waals surface area contributed by atoms with E-state index < -0.39 is 0 Å². The van der Waals surface area contributed by atoms with E-state index in [4.69, 9.17) is 0 Å². The molecule has 0 bridgehead atoms. The van der Waals surface area contributed by atoms with Crippen LogP contribution in [0.25, 0.3) is 0 Å². The molecular formula is C27H28N2O2. The van der Waals surface area contributed by atoms with E-state index in [1.165, 1.54) is 5.56 Å². The summed E-state index contributed by atoms with van der Waals surface area (Å²) in [7, 11) is 0. The minimum Gasteiger partial charge on any atom is -0.345 e. The summed E-state index contributed by atoms with van der Waals surface area (Å²) in [5, 5.41) is 3.21. The first-order valence-corrected chi connectivity index (χ1v) is 10.7. The summed E-state index contributed by atoms with van der Waals surface area (Å²) in [6.45, 7) is 6.51. The van der Waals surface area contributed by atoms with Crippen LogP contribution < -0.4 is 10.2 Å².